The number of halogens is 1. The van der Waals surface area contributed by atoms with E-state index in [0.717, 1.165) is 7.11 Å². The van der Waals surface area contributed by atoms with Gasteiger partial charge in [0.1, 0.15) is 0 Å². The Morgan fingerprint density at radius 2 is 1.65 bits per heavy atom. The van der Waals surface area contributed by atoms with Crippen molar-refractivity contribution in [3.05, 3.63) is 0 Å². The van der Waals surface area contributed by atoms with Crippen LogP contribution in [0.15, 0.2) is 4.99 Å². The Kier molecular flexibility index (Phi) is 141. The Balaban J connectivity index is -0.0000000246. The Bertz CT molecular complexity index is 165. The van der Waals surface area contributed by atoms with Gasteiger partial charge in [0.05, 0.1) is 24.9 Å². The summed E-state index contributed by atoms with van der Waals surface area (Å²) in [7, 11) is 1.00. The molecular formula is C8H18BrKN2O3S2. The molecule has 0 saturated heterocycles. The number of hydrogen-bond donors (Lipinski definition) is 3. The second-order valence-electron chi connectivity index (χ2n) is 1.20. The fraction of sp³-hybridized carbons (Fsp3) is 0.750. The van der Waals surface area contributed by atoms with Crippen molar-refractivity contribution in [3.63, 3.8) is 0 Å². The van der Waals surface area contributed by atoms with Crippen molar-refractivity contribution < 1.29 is 66.7 Å². The van der Waals surface area contributed by atoms with E-state index in [9.17, 15) is 0 Å². The minimum atomic E-state index is 0. The number of hydrogen-bond acceptors (Lipinski definition) is 7. The van der Waals surface area contributed by atoms with Crippen molar-refractivity contribution in [3.8, 4) is 5.40 Å². The average molecular weight is 373 g/mol. The Labute approximate surface area is 165 Å². The van der Waals surface area contributed by atoms with Gasteiger partial charge in [0.25, 0.3) is 0 Å². The second-order valence-corrected chi connectivity index (χ2v) is 2.36. The molecule has 3 N–H and O–H groups in total. The van der Waals surface area contributed by atoms with Gasteiger partial charge in [-0.2, -0.15) is 0 Å². The van der Waals surface area contributed by atoms with E-state index >= 15 is 0 Å². The number of alkyl halides is 1. The quantitative estimate of drug-likeness (QED) is 0.129. The van der Waals surface area contributed by atoms with Crippen LogP contribution in [-0.2, 0) is 12.6 Å². The number of thiocyanates is 1. The summed E-state index contributed by atoms with van der Waals surface area (Å²) in [6.07, 6.45) is 0. The maximum absolute atomic E-state index is 8.02. The molecule has 0 aromatic carbocycles. The van der Waals surface area contributed by atoms with Crippen molar-refractivity contribution >= 4 is 45.9 Å². The molecule has 0 aliphatic heterocycles. The first-order valence-corrected chi connectivity index (χ1v) is 5.46. The van der Waals surface area contributed by atoms with Crippen LogP contribution in [0.1, 0.15) is 7.43 Å². The van der Waals surface area contributed by atoms with Crippen LogP contribution in [0, 0.1) is 10.7 Å². The van der Waals surface area contributed by atoms with Crippen molar-refractivity contribution in [2.45, 2.75) is 7.43 Å². The van der Waals surface area contributed by atoms with Gasteiger partial charge < -0.3 is 27.9 Å². The maximum Gasteiger partial charge on any atom is 1.00 e. The zero-order chi connectivity index (χ0) is 12.9. The predicted octanol–water partition coefficient (Wildman–Crippen LogP) is -2.28. The minimum Gasteiger partial charge on any atom is -0.696 e. The summed E-state index contributed by atoms with van der Waals surface area (Å²) < 4.78 is 0. The number of isothiocyanates is 1. The van der Waals surface area contributed by atoms with E-state index in [1.807, 2.05) is 0 Å². The van der Waals surface area contributed by atoms with E-state index in [4.69, 9.17) is 20.6 Å². The topological polar surface area (TPSA) is 96.8 Å². The van der Waals surface area contributed by atoms with Crippen molar-refractivity contribution in [1.29, 1.82) is 5.26 Å². The molecule has 0 fully saturated rings. The van der Waals surface area contributed by atoms with Crippen LogP contribution in [0.2, 0.25) is 0 Å². The van der Waals surface area contributed by atoms with Crippen LogP contribution in [0.25, 0.3) is 0 Å². The summed E-state index contributed by atoms with van der Waals surface area (Å²) in [6.45, 7) is 0.674. The van der Waals surface area contributed by atoms with E-state index in [-0.39, 0.29) is 72.0 Å². The Hall–Kier alpha value is 1.51. The molecule has 0 atom stereocenters. The molecule has 0 aromatic heterocycles. The third-order valence-electron chi connectivity index (χ3n) is 0.361. The Morgan fingerprint density at radius 3 is 1.71 bits per heavy atom. The van der Waals surface area contributed by atoms with Crippen LogP contribution in [-0.4, -0.2) is 52.7 Å². The van der Waals surface area contributed by atoms with E-state index < -0.39 is 0 Å². The predicted molar refractivity (Wildman–Crippen MR) is 75.7 cm³/mol. The van der Waals surface area contributed by atoms with E-state index in [0.29, 0.717) is 11.9 Å². The normalized spacial score (nSPS) is 4.94. The number of aliphatic imine (C=N–C) groups is 1. The van der Waals surface area contributed by atoms with E-state index in [1.54, 1.807) is 0 Å². The first kappa shape index (κ1) is 36.3. The molecule has 0 bridgehead atoms. The van der Waals surface area contributed by atoms with Crippen molar-refractivity contribution in [2.75, 3.05) is 32.2 Å². The van der Waals surface area contributed by atoms with Gasteiger partial charge in [-0.15, -0.1) is 0 Å². The molecule has 0 aromatic rings. The number of thiocarbonyl (C=S) groups is 1. The first-order valence-electron chi connectivity index (χ1n) is 3.52. The smallest absolute Gasteiger partial charge is 0.696 e. The van der Waals surface area contributed by atoms with Crippen molar-refractivity contribution in [1.82, 2.24) is 0 Å². The van der Waals surface area contributed by atoms with Crippen molar-refractivity contribution in [2.24, 2.45) is 4.99 Å². The molecular weight excluding hydrogens is 355 g/mol. The SMILES string of the molecule is C.CO.N#C[S-].OCCBr.OCCN=C=S.[K+]. The summed E-state index contributed by atoms with van der Waals surface area (Å²) in [6, 6.07) is 0. The van der Waals surface area contributed by atoms with Gasteiger partial charge in [-0.3, -0.25) is 0 Å². The molecule has 0 saturated carbocycles. The molecule has 0 unspecified atom stereocenters. The average Bonchev–Trinajstić information content (AvgIpc) is 2.30. The van der Waals surface area contributed by atoms with Crippen LogP contribution in [0.3, 0.4) is 0 Å². The zero-order valence-electron chi connectivity index (χ0n) is 9.26. The maximum atomic E-state index is 8.02. The van der Waals surface area contributed by atoms with Gasteiger partial charge in [-0.1, -0.05) is 28.8 Å². The van der Waals surface area contributed by atoms with E-state index in [2.05, 4.69) is 50.9 Å². The summed E-state index contributed by atoms with van der Waals surface area (Å²) in [4.78, 5) is 3.41. The van der Waals surface area contributed by atoms with Crippen LogP contribution < -0.4 is 51.4 Å². The minimum absolute atomic E-state index is 0. The second kappa shape index (κ2) is 65.9. The van der Waals surface area contributed by atoms with Gasteiger partial charge in [-0.25, -0.2) is 10.3 Å². The monoisotopic (exact) mass is 372 g/mol. The molecule has 0 heterocycles. The van der Waals surface area contributed by atoms with Crippen LogP contribution >= 0.6 is 28.1 Å². The molecule has 0 radical (unpaired) electrons. The largest absolute Gasteiger partial charge is 1.00 e. The molecule has 0 aliphatic rings. The van der Waals surface area contributed by atoms with Crippen LogP contribution in [0.5, 0.6) is 0 Å². The Morgan fingerprint density at radius 1 is 1.35 bits per heavy atom. The van der Waals surface area contributed by atoms with Gasteiger partial charge >= 0.3 is 51.4 Å². The van der Waals surface area contributed by atoms with Crippen LogP contribution in [0.4, 0.5) is 0 Å². The third kappa shape index (κ3) is 139. The standard InChI is InChI=1S/C3H5NOS.C2H5BrO.CHNS.CH4O.CH4.K/c5-2-1-4-3-6;3-1-2-4;2-1-3;1-2;;/h5H,1-2H2;4H,1-2H2;3H;2H,1H3;1H4;/q;;;;;+1/p-1. The zero-order valence-corrected chi connectivity index (χ0v) is 15.6. The third-order valence-corrected chi connectivity index (χ3v) is 0.845. The first-order chi connectivity index (χ1) is 7.24. The van der Waals surface area contributed by atoms with Gasteiger partial charge in [0.15, 0.2) is 0 Å². The molecule has 0 amide bonds. The fourth-order valence-electron chi connectivity index (χ4n) is 0.0956. The van der Waals surface area contributed by atoms with E-state index in [1.165, 1.54) is 5.40 Å². The fourth-order valence-corrected chi connectivity index (χ4v) is 0.187. The molecule has 0 aliphatic carbocycles. The summed E-state index contributed by atoms with van der Waals surface area (Å²) in [5.41, 5.74) is 0. The number of aliphatic hydroxyl groups excluding tert-OH is 3. The number of nitrogens with zero attached hydrogens (tertiary/aromatic N) is 2. The van der Waals surface area contributed by atoms with Gasteiger partial charge in [0.2, 0.25) is 0 Å². The number of aliphatic hydroxyl groups is 3. The number of nitriles is 1. The number of rotatable bonds is 3. The molecule has 17 heavy (non-hydrogen) atoms. The summed E-state index contributed by atoms with van der Waals surface area (Å²) >= 11 is 10.9. The van der Waals surface area contributed by atoms with Gasteiger partial charge in [0, 0.05) is 12.4 Å². The van der Waals surface area contributed by atoms with Gasteiger partial charge in [-0.05, 0) is 12.2 Å². The molecule has 9 heteroatoms. The molecule has 0 rings (SSSR count). The summed E-state index contributed by atoms with van der Waals surface area (Å²) in [5.74, 6) is 0. The molecule has 98 valence electrons. The molecule has 0 spiro atoms. The molecule has 5 nitrogen and oxygen atoms in total. The summed E-state index contributed by atoms with van der Waals surface area (Å²) in [5, 5.41) is 34.1.